The van der Waals surface area contributed by atoms with Crippen molar-refractivity contribution >= 4 is 36.4 Å². The first kappa shape index (κ1) is 21.0. The molecule has 1 aromatic rings. The first-order valence-electron chi connectivity index (χ1n) is 8.18. The van der Waals surface area contributed by atoms with Crippen LogP contribution in [-0.2, 0) is 9.53 Å². The van der Waals surface area contributed by atoms with Gasteiger partial charge in [0.1, 0.15) is 0 Å². The highest BCUT2D eigenvalue weighted by Crippen LogP contribution is 2.21. The molecule has 2 aliphatic rings. The van der Waals surface area contributed by atoms with Crippen LogP contribution in [0, 0.1) is 5.92 Å². The van der Waals surface area contributed by atoms with E-state index in [1.165, 1.54) is 0 Å². The van der Waals surface area contributed by atoms with E-state index in [4.69, 9.17) is 10.5 Å². The molecule has 0 aliphatic carbocycles. The predicted molar refractivity (Wildman–Crippen MR) is 101 cm³/mol. The molecular weight excluding hydrogens is 349 g/mol. The zero-order chi connectivity index (χ0) is 15.4. The highest BCUT2D eigenvalue weighted by molar-refractivity contribution is 5.85. The zero-order valence-electron chi connectivity index (χ0n) is 13.7. The van der Waals surface area contributed by atoms with Crippen LogP contribution in [-0.4, -0.2) is 49.2 Å². The summed E-state index contributed by atoms with van der Waals surface area (Å²) in [7, 11) is 0. The molecule has 2 aliphatic heterocycles. The summed E-state index contributed by atoms with van der Waals surface area (Å²) in [6, 6.07) is 10.1. The van der Waals surface area contributed by atoms with E-state index in [-0.39, 0.29) is 42.7 Å². The molecular formula is C17H27Cl2N3O2. The minimum Gasteiger partial charge on any atom is -0.381 e. The van der Waals surface area contributed by atoms with Crippen molar-refractivity contribution in [3.8, 4) is 0 Å². The molecule has 3 N–H and O–H groups in total. The summed E-state index contributed by atoms with van der Waals surface area (Å²) in [5, 5.41) is 3.49. The quantitative estimate of drug-likeness (QED) is 0.846. The maximum Gasteiger partial charge on any atom is 0.239 e. The molecule has 2 atom stereocenters. The molecule has 5 nitrogen and oxygen atoms in total. The molecule has 0 bridgehead atoms. The number of hydrogen-bond acceptors (Lipinski definition) is 4. The molecule has 2 heterocycles. The van der Waals surface area contributed by atoms with Crippen LogP contribution >= 0.6 is 24.8 Å². The summed E-state index contributed by atoms with van der Waals surface area (Å²) < 4.78 is 5.35. The predicted octanol–water partition coefficient (Wildman–Crippen LogP) is 2.30. The lowest BCUT2D eigenvalue weighted by atomic mass is 9.91. The Morgan fingerprint density at radius 2 is 1.83 bits per heavy atom. The molecule has 2 unspecified atom stereocenters. The van der Waals surface area contributed by atoms with Gasteiger partial charge in [-0.05, 0) is 37.3 Å². The van der Waals surface area contributed by atoms with Crippen LogP contribution in [0.1, 0.15) is 19.3 Å². The van der Waals surface area contributed by atoms with Gasteiger partial charge in [0.05, 0.1) is 6.04 Å². The molecule has 1 aromatic carbocycles. The van der Waals surface area contributed by atoms with E-state index in [1.54, 1.807) is 0 Å². The Hall–Kier alpha value is -1.01. The Bertz CT molecular complexity index is 498. The number of ether oxygens (including phenoxy) is 1. The van der Waals surface area contributed by atoms with Crippen molar-refractivity contribution in [1.29, 1.82) is 0 Å². The van der Waals surface area contributed by atoms with E-state index >= 15 is 0 Å². The molecule has 0 spiro atoms. The average Bonchev–Trinajstić information content (AvgIpc) is 3.04. The minimum atomic E-state index is -0.376. The molecule has 0 radical (unpaired) electrons. The Labute approximate surface area is 156 Å². The summed E-state index contributed by atoms with van der Waals surface area (Å²) >= 11 is 0. The zero-order valence-corrected chi connectivity index (χ0v) is 15.4. The van der Waals surface area contributed by atoms with Crippen LogP contribution in [0.3, 0.4) is 0 Å². The number of nitrogens with zero attached hydrogens (tertiary/aromatic N) is 1. The molecule has 3 rings (SSSR count). The number of likely N-dealkylation sites (tertiary alicyclic amines) is 1. The van der Waals surface area contributed by atoms with Crippen molar-refractivity contribution in [3.05, 3.63) is 30.3 Å². The Morgan fingerprint density at radius 1 is 1.17 bits per heavy atom. The molecule has 7 heteroatoms. The fourth-order valence-electron chi connectivity index (χ4n) is 3.34. The molecule has 2 saturated heterocycles. The number of anilines is 1. The normalized spacial score (nSPS) is 22.2. The van der Waals surface area contributed by atoms with Gasteiger partial charge >= 0.3 is 0 Å². The summed E-state index contributed by atoms with van der Waals surface area (Å²) in [4.78, 5) is 14.5. The monoisotopic (exact) mass is 375 g/mol. The molecule has 136 valence electrons. The number of carbonyl (C=O) groups excluding carboxylic acids is 1. The molecule has 0 aromatic heterocycles. The van der Waals surface area contributed by atoms with E-state index in [1.807, 2.05) is 23.1 Å². The number of halogens is 2. The van der Waals surface area contributed by atoms with Crippen molar-refractivity contribution in [2.24, 2.45) is 11.7 Å². The smallest absolute Gasteiger partial charge is 0.239 e. The number of hydrogen-bond donors (Lipinski definition) is 2. The van der Waals surface area contributed by atoms with Crippen LogP contribution in [0.4, 0.5) is 5.69 Å². The SMILES string of the molecule is Cl.Cl.NC(C(=O)N1CCC(Nc2ccccc2)C1)C1CCOCC1. The fourth-order valence-corrected chi connectivity index (χ4v) is 3.34. The van der Waals surface area contributed by atoms with E-state index in [0.717, 1.165) is 51.3 Å². The van der Waals surface area contributed by atoms with Crippen molar-refractivity contribution < 1.29 is 9.53 Å². The van der Waals surface area contributed by atoms with Gasteiger partial charge in [-0.2, -0.15) is 0 Å². The third-order valence-electron chi connectivity index (χ3n) is 4.70. The second-order valence-electron chi connectivity index (χ2n) is 6.26. The van der Waals surface area contributed by atoms with Crippen LogP contribution < -0.4 is 11.1 Å². The Balaban J connectivity index is 0.00000144. The lowest BCUT2D eigenvalue weighted by molar-refractivity contribution is -0.133. The number of nitrogens with two attached hydrogens (primary N) is 1. The number of amides is 1. The minimum absolute atomic E-state index is 0. The average molecular weight is 376 g/mol. The maximum absolute atomic E-state index is 12.6. The summed E-state index contributed by atoms with van der Waals surface area (Å²) in [6.07, 6.45) is 2.76. The Morgan fingerprint density at radius 3 is 2.50 bits per heavy atom. The molecule has 0 saturated carbocycles. The van der Waals surface area contributed by atoms with Gasteiger partial charge in [0.2, 0.25) is 5.91 Å². The largest absolute Gasteiger partial charge is 0.381 e. The van der Waals surface area contributed by atoms with Crippen molar-refractivity contribution in [2.75, 3.05) is 31.6 Å². The van der Waals surface area contributed by atoms with Crippen molar-refractivity contribution in [3.63, 3.8) is 0 Å². The molecule has 2 fully saturated rings. The lowest BCUT2D eigenvalue weighted by Gasteiger charge is -2.29. The highest BCUT2D eigenvalue weighted by atomic mass is 35.5. The first-order valence-corrected chi connectivity index (χ1v) is 8.18. The number of rotatable bonds is 4. The van der Waals surface area contributed by atoms with Crippen molar-refractivity contribution in [1.82, 2.24) is 4.90 Å². The van der Waals surface area contributed by atoms with E-state index in [9.17, 15) is 4.79 Å². The summed E-state index contributed by atoms with van der Waals surface area (Å²) in [5.74, 6) is 0.367. The van der Waals surface area contributed by atoms with Crippen molar-refractivity contribution in [2.45, 2.75) is 31.3 Å². The number of nitrogens with one attached hydrogen (secondary N) is 1. The van der Waals surface area contributed by atoms with E-state index in [0.29, 0.717) is 6.04 Å². The van der Waals surface area contributed by atoms with E-state index < -0.39 is 0 Å². The van der Waals surface area contributed by atoms with E-state index in [2.05, 4.69) is 17.4 Å². The first-order chi connectivity index (χ1) is 10.7. The highest BCUT2D eigenvalue weighted by Gasteiger charge is 2.33. The van der Waals surface area contributed by atoms with Crippen LogP contribution in [0.15, 0.2) is 30.3 Å². The number of carbonyl (C=O) groups is 1. The van der Waals surface area contributed by atoms with Gasteiger partial charge < -0.3 is 20.7 Å². The number of para-hydroxylation sites is 1. The van der Waals surface area contributed by atoms with Gasteiger partial charge in [-0.3, -0.25) is 4.79 Å². The topological polar surface area (TPSA) is 67.6 Å². The molecule has 1 amide bonds. The van der Waals surface area contributed by atoms with Crippen LogP contribution in [0.2, 0.25) is 0 Å². The van der Waals surface area contributed by atoms with Gasteiger partial charge in [0, 0.05) is 38.0 Å². The second kappa shape index (κ2) is 10.1. The Kier molecular flexibility index (Phi) is 8.84. The lowest BCUT2D eigenvalue weighted by Crippen LogP contribution is -2.48. The third kappa shape index (κ3) is 5.24. The standard InChI is InChI=1S/C17H25N3O2.2ClH/c18-16(13-7-10-22-11-8-13)17(21)20-9-6-15(12-20)19-14-4-2-1-3-5-14;;/h1-5,13,15-16,19H,6-12,18H2;2*1H. The van der Waals surface area contributed by atoms with Crippen LogP contribution in [0.5, 0.6) is 0 Å². The van der Waals surface area contributed by atoms with Gasteiger partial charge in [0.25, 0.3) is 0 Å². The third-order valence-corrected chi connectivity index (χ3v) is 4.70. The van der Waals surface area contributed by atoms with Gasteiger partial charge in [0.15, 0.2) is 0 Å². The molecule has 24 heavy (non-hydrogen) atoms. The fraction of sp³-hybridized carbons (Fsp3) is 0.588. The second-order valence-corrected chi connectivity index (χ2v) is 6.26. The van der Waals surface area contributed by atoms with Gasteiger partial charge in [-0.25, -0.2) is 0 Å². The maximum atomic E-state index is 12.6. The summed E-state index contributed by atoms with van der Waals surface area (Å²) in [5.41, 5.74) is 7.31. The summed E-state index contributed by atoms with van der Waals surface area (Å²) in [6.45, 7) is 2.98. The van der Waals surface area contributed by atoms with Gasteiger partial charge in [-0.1, -0.05) is 18.2 Å². The number of benzene rings is 1. The van der Waals surface area contributed by atoms with Crippen LogP contribution in [0.25, 0.3) is 0 Å². The van der Waals surface area contributed by atoms with Gasteiger partial charge in [-0.15, -0.1) is 24.8 Å².